The number of aromatic carboxylic acids is 1. The molecule has 0 fully saturated rings. The van der Waals surface area contributed by atoms with Crippen LogP contribution < -0.4 is 5.56 Å². The molecule has 0 aliphatic rings. The van der Waals surface area contributed by atoms with E-state index in [-0.39, 0.29) is 27.7 Å². The van der Waals surface area contributed by atoms with Crippen LogP contribution in [-0.2, 0) is 19.1 Å². The van der Waals surface area contributed by atoms with Crippen LogP contribution in [0.5, 0.6) is 0 Å². The molecule has 166 valence electrons. The highest BCUT2D eigenvalue weighted by Gasteiger charge is 2.30. The highest BCUT2D eigenvalue weighted by atomic mass is 35.5. The van der Waals surface area contributed by atoms with E-state index >= 15 is 0 Å². The van der Waals surface area contributed by atoms with E-state index in [1.807, 2.05) is 0 Å². The van der Waals surface area contributed by atoms with Gasteiger partial charge < -0.3 is 9.67 Å². The Labute approximate surface area is 191 Å². The second-order valence-electron chi connectivity index (χ2n) is 6.89. The predicted octanol–water partition coefficient (Wildman–Crippen LogP) is 6.29. The minimum atomic E-state index is -4.47. The molecule has 2 aromatic carbocycles. The third-order valence-corrected chi connectivity index (χ3v) is 5.28. The second kappa shape index (κ2) is 9.63. The Morgan fingerprint density at radius 3 is 2.31 bits per heavy atom. The maximum Gasteiger partial charge on any atom is 0.416 e. The second-order valence-corrected chi connectivity index (χ2v) is 7.71. The number of carboxylic acids is 1. The quantitative estimate of drug-likeness (QED) is 0.450. The number of carboxylic acid groups (broad SMARTS) is 1. The lowest BCUT2D eigenvalue weighted by Crippen LogP contribution is -2.24. The largest absolute Gasteiger partial charge is 0.478 e. The van der Waals surface area contributed by atoms with Gasteiger partial charge in [-0.25, -0.2) is 4.79 Å². The standard InChI is InChI=1S/C23H16Cl2F3NO3/c24-18-13-19(25)21(30)29(11-10-14-4-7-16(8-5-14)22(31)32)20(18)9-6-15-2-1-3-17(12-15)23(26,27)28/h1-9,12-13H,10-11H2,(H,31,32). The zero-order chi connectivity index (χ0) is 23.5. The molecule has 0 saturated carbocycles. The molecular weight excluding hydrogens is 466 g/mol. The van der Waals surface area contributed by atoms with Crippen LogP contribution in [0, 0.1) is 0 Å². The molecule has 0 atom stereocenters. The van der Waals surface area contributed by atoms with E-state index in [4.69, 9.17) is 28.3 Å². The molecule has 4 nitrogen and oxygen atoms in total. The van der Waals surface area contributed by atoms with Crippen molar-refractivity contribution in [2.45, 2.75) is 19.1 Å². The highest BCUT2D eigenvalue weighted by molar-refractivity contribution is 6.35. The minimum absolute atomic E-state index is 0.0903. The van der Waals surface area contributed by atoms with Gasteiger partial charge in [-0.2, -0.15) is 13.2 Å². The molecule has 32 heavy (non-hydrogen) atoms. The van der Waals surface area contributed by atoms with Crippen LogP contribution in [0.4, 0.5) is 13.2 Å². The van der Waals surface area contributed by atoms with Gasteiger partial charge in [0.15, 0.2) is 0 Å². The van der Waals surface area contributed by atoms with Crippen LogP contribution >= 0.6 is 23.2 Å². The maximum absolute atomic E-state index is 12.9. The molecule has 3 aromatic rings. The van der Waals surface area contributed by atoms with Crippen molar-refractivity contribution in [2.75, 3.05) is 0 Å². The van der Waals surface area contributed by atoms with Gasteiger partial charge in [-0.05, 0) is 54.0 Å². The number of hydrogen-bond acceptors (Lipinski definition) is 2. The molecule has 9 heteroatoms. The topological polar surface area (TPSA) is 59.3 Å². The van der Waals surface area contributed by atoms with E-state index < -0.39 is 23.3 Å². The molecule has 0 aliphatic heterocycles. The van der Waals surface area contributed by atoms with E-state index in [0.717, 1.165) is 17.7 Å². The number of alkyl halides is 3. The minimum Gasteiger partial charge on any atom is -0.478 e. The van der Waals surface area contributed by atoms with Crippen molar-refractivity contribution >= 4 is 41.3 Å². The number of benzene rings is 2. The van der Waals surface area contributed by atoms with Crippen molar-refractivity contribution in [1.29, 1.82) is 0 Å². The maximum atomic E-state index is 12.9. The number of carbonyl (C=O) groups is 1. The smallest absolute Gasteiger partial charge is 0.416 e. The van der Waals surface area contributed by atoms with Gasteiger partial charge >= 0.3 is 12.1 Å². The van der Waals surface area contributed by atoms with Crippen LogP contribution in [-0.4, -0.2) is 15.6 Å². The van der Waals surface area contributed by atoms with Gasteiger partial charge in [-0.1, -0.05) is 53.5 Å². The average Bonchev–Trinajstić information content (AvgIpc) is 2.74. The Morgan fingerprint density at radius 1 is 1.00 bits per heavy atom. The van der Waals surface area contributed by atoms with Gasteiger partial charge in [0.25, 0.3) is 5.56 Å². The van der Waals surface area contributed by atoms with E-state index in [1.165, 1.54) is 47.1 Å². The van der Waals surface area contributed by atoms with Crippen LogP contribution in [0.15, 0.2) is 59.4 Å². The Balaban J connectivity index is 1.91. The van der Waals surface area contributed by atoms with E-state index in [0.29, 0.717) is 12.1 Å². The Kier molecular flexibility index (Phi) is 7.11. The van der Waals surface area contributed by atoms with Gasteiger partial charge in [-0.3, -0.25) is 4.79 Å². The summed E-state index contributed by atoms with van der Waals surface area (Å²) in [6.45, 7) is 0.174. The molecule has 0 radical (unpaired) electrons. The van der Waals surface area contributed by atoms with Crippen molar-refractivity contribution in [3.63, 3.8) is 0 Å². The molecular formula is C23H16Cl2F3NO3. The zero-order valence-corrected chi connectivity index (χ0v) is 17.9. The number of pyridine rings is 1. The third kappa shape index (κ3) is 5.60. The first-order chi connectivity index (χ1) is 15.1. The fourth-order valence-electron chi connectivity index (χ4n) is 3.05. The van der Waals surface area contributed by atoms with Crippen LogP contribution in [0.2, 0.25) is 10.0 Å². The van der Waals surface area contributed by atoms with Gasteiger partial charge in [0.1, 0.15) is 5.02 Å². The lowest BCUT2D eigenvalue weighted by Gasteiger charge is -2.13. The van der Waals surface area contributed by atoms with E-state index in [1.54, 1.807) is 12.1 Å². The van der Waals surface area contributed by atoms with E-state index in [2.05, 4.69) is 0 Å². The first-order valence-electron chi connectivity index (χ1n) is 9.32. The van der Waals surface area contributed by atoms with Gasteiger partial charge in [0.2, 0.25) is 0 Å². The van der Waals surface area contributed by atoms with Crippen molar-refractivity contribution in [2.24, 2.45) is 0 Å². The van der Waals surface area contributed by atoms with Crippen molar-refractivity contribution in [3.8, 4) is 0 Å². The fraction of sp³-hybridized carbons (Fsp3) is 0.130. The molecule has 0 spiro atoms. The molecule has 1 heterocycles. The summed E-state index contributed by atoms with van der Waals surface area (Å²) < 4.78 is 40.2. The summed E-state index contributed by atoms with van der Waals surface area (Å²) in [6, 6.07) is 12.2. The summed E-state index contributed by atoms with van der Waals surface area (Å²) in [5.41, 5.74) is 0.216. The Bertz CT molecular complexity index is 1230. The number of rotatable bonds is 6. The molecule has 0 bridgehead atoms. The van der Waals surface area contributed by atoms with Crippen molar-refractivity contribution in [3.05, 3.63) is 103 Å². The highest BCUT2D eigenvalue weighted by Crippen LogP contribution is 2.30. The summed E-state index contributed by atoms with van der Waals surface area (Å²) >= 11 is 12.3. The molecule has 3 rings (SSSR count). The van der Waals surface area contributed by atoms with Crippen LogP contribution in [0.3, 0.4) is 0 Å². The number of aryl methyl sites for hydroxylation is 1. The van der Waals surface area contributed by atoms with Gasteiger partial charge in [0.05, 0.1) is 21.8 Å². The van der Waals surface area contributed by atoms with Crippen LogP contribution in [0.1, 0.15) is 32.7 Å². The molecule has 1 N–H and O–H groups in total. The first-order valence-corrected chi connectivity index (χ1v) is 10.1. The van der Waals surface area contributed by atoms with Crippen molar-refractivity contribution in [1.82, 2.24) is 4.57 Å². The SMILES string of the molecule is O=C(O)c1ccc(CCn2c(C=Cc3cccc(C(F)(F)F)c3)c(Cl)cc(Cl)c2=O)cc1. The number of aromatic nitrogens is 1. The normalized spacial score (nSPS) is 11.8. The molecule has 0 saturated heterocycles. The van der Waals surface area contributed by atoms with E-state index in [9.17, 15) is 22.8 Å². The molecule has 1 aromatic heterocycles. The third-order valence-electron chi connectivity index (χ3n) is 4.71. The van der Waals surface area contributed by atoms with Gasteiger partial charge in [-0.15, -0.1) is 0 Å². The lowest BCUT2D eigenvalue weighted by molar-refractivity contribution is -0.137. The molecule has 0 aliphatic carbocycles. The Hall–Kier alpha value is -3.03. The summed E-state index contributed by atoms with van der Waals surface area (Å²) in [6.07, 6.45) is -1.20. The Morgan fingerprint density at radius 2 is 1.69 bits per heavy atom. The predicted molar refractivity (Wildman–Crippen MR) is 118 cm³/mol. The lowest BCUT2D eigenvalue weighted by atomic mass is 10.1. The number of nitrogens with zero attached hydrogens (tertiary/aromatic N) is 1. The molecule has 0 amide bonds. The summed E-state index contributed by atoms with van der Waals surface area (Å²) in [7, 11) is 0. The average molecular weight is 482 g/mol. The van der Waals surface area contributed by atoms with Gasteiger partial charge in [0, 0.05) is 6.54 Å². The summed E-state index contributed by atoms with van der Waals surface area (Å²) in [5.74, 6) is -1.04. The fourth-order valence-corrected chi connectivity index (χ4v) is 3.60. The zero-order valence-electron chi connectivity index (χ0n) is 16.4. The number of hydrogen-bond donors (Lipinski definition) is 1. The summed E-state index contributed by atoms with van der Waals surface area (Å²) in [5, 5.41) is 9.06. The summed E-state index contributed by atoms with van der Waals surface area (Å²) in [4.78, 5) is 23.6. The van der Waals surface area contributed by atoms with Crippen LogP contribution in [0.25, 0.3) is 12.2 Å². The molecule has 0 unspecified atom stereocenters. The van der Waals surface area contributed by atoms with Crippen molar-refractivity contribution < 1.29 is 23.1 Å². The number of halogens is 5. The first kappa shape index (κ1) is 23.6. The monoisotopic (exact) mass is 481 g/mol.